The minimum absolute atomic E-state index is 0.0371. The zero-order chi connectivity index (χ0) is 25.6. The molecule has 0 saturated heterocycles. The highest BCUT2D eigenvalue weighted by atomic mass is 19.1. The molecule has 1 aliphatic carbocycles. The third-order valence-corrected chi connectivity index (χ3v) is 5.40. The van der Waals surface area contributed by atoms with E-state index in [1.54, 1.807) is 13.0 Å². The molecular weight excluding hydrogens is 474 g/mol. The lowest BCUT2D eigenvalue weighted by atomic mass is 9.89. The van der Waals surface area contributed by atoms with Crippen molar-refractivity contribution < 1.29 is 28.2 Å². The van der Waals surface area contributed by atoms with E-state index in [-0.39, 0.29) is 44.8 Å². The predicted molar refractivity (Wildman–Crippen MR) is 124 cm³/mol. The minimum Gasteiger partial charge on any atom is -0.505 e. The van der Waals surface area contributed by atoms with E-state index in [9.17, 15) is 28.6 Å². The summed E-state index contributed by atoms with van der Waals surface area (Å²) >= 11 is 0. The second-order valence-corrected chi connectivity index (χ2v) is 7.80. The molecule has 1 aliphatic heterocycles. The number of nitrogens with zero attached hydrogens (tertiary/aromatic N) is 4. The van der Waals surface area contributed by atoms with E-state index >= 15 is 0 Å². The molecule has 0 fully saturated rings. The van der Waals surface area contributed by atoms with E-state index in [0.29, 0.717) is 11.4 Å². The van der Waals surface area contributed by atoms with Crippen molar-refractivity contribution in [2.24, 2.45) is 0 Å². The summed E-state index contributed by atoms with van der Waals surface area (Å²) in [6.45, 7) is 1.63. The Kier molecular flexibility index (Phi) is 5.44. The number of carboxylic acids is 1. The SMILES string of the molecule is Cc1nnc(/C=C\c2ccc(C(=O)O)c(-c3c4cc(F)c(=O)cc-4oc4cc(O)c(F)cc34)c2)nn1. The van der Waals surface area contributed by atoms with Crippen molar-refractivity contribution in [3.63, 3.8) is 0 Å². The van der Waals surface area contributed by atoms with Gasteiger partial charge < -0.3 is 14.6 Å². The molecule has 2 heterocycles. The Morgan fingerprint density at radius 2 is 1.69 bits per heavy atom. The van der Waals surface area contributed by atoms with Crippen LogP contribution in [0.5, 0.6) is 5.75 Å². The molecule has 11 heteroatoms. The summed E-state index contributed by atoms with van der Waals surface area (Å²) in [7, 11) is 0. The Balaban J connectivity index is 1.82. The number of rotatable bonds is 4. The maximum absolute atomic E-state index is 14.4. The summed E-state index contributed by atoms with van der Waals surface area (Å²) in [5.74, 6) is -3.57. The van der Waals surface area contributed by atoms with Crippen molar-refractivity contribution in [2.45, 2.75) is 6.92 Å². The predicted octanol–water partition coefficient (Wildman–Crippen LogP) is 4.31. The smallest absolute Gasteiger partial charge is 0.336 e. The largest absolute Gasteiger partial charge is 0.505 e. The Morgan fingerprint density at radius 1 is 0.944 bits per heavy atom. The van der Waals surface area contributed by atoms with Crippen LogP contribution in [-0.4, -0.2) is 36.6 Å². The lowest BCUT2D eigenvalue weighted by Gasteiger charge is -2.17. The monoisotopic (exact) mass is 488 g/mol. The third kappa shape index (κ3) is 4.02. The van der Waals surface area contributed by atoms with Crippen molar-refractivity contribution in [1.82, 2.24) is 20.4 Å². The van der Waals surface area contributed by atoms with Gasteiger partial charge in [0.25, 0.3) is 0 Å². The van der Waals surface area contributed by atoms with Gasteiger partial charge in [0.2, 0.25) is 5.43 Å². The van der Waals surface area contributed by atoms with Gasteiger partial charge in [-0.15, -0.1) is 20.4 Å². The number of phenolic OH excluding ortho intramolecular Hbond substituents is 1. The topological polar surface area (TPSA) is 139 Å². The molecule has 178 valence electrons. The van der Waals surface area contributed by atoms with Gasteiger partial charge in [-0.25, -0.2) is 13.6 Å². The van der Waals surface area contributed by atoms with Crippen LogP contribution in [0, 0.1) is 18.6 Å². The Bertz CT molecular complexity index is 1730. The Labute approximate surface area is 200 Å². The molecular formula is C25H14F2N4O5. The summed E-state index contributed by atoms with van der Waals surface area (Å²) in [6, 6.07) is 8.13. The van der Waals surface area contributed by atoms with Crippen molar-refractivity contribution in [2.75, 3.05) is 0 Å². The van der Waals surface area contributed by atoms with Gasteiger partial charge in [0.05, 0.1) is 5.56 Å². The molecule has 0 radical (unpaired) electrons. The first-order chi connectivity index (χ1) is 17.2. The normalized spacial score (nSPS) is 11.5. The Morgan fingerprint density at radius 3 is 2.42 bits per heavy atom. The second-order valence-electron chi connectivity index (χ2n) is 7.80. The maximum atomic E-state index is 14.4. The number of halogens is 2. The standard InChI is InChI=1S/C25H14F2N4O5/c1-11-28-30-23(31-29-11)5-3-12-2-4-13(25(34)35)14(6-12)24-15-7-17(26)19(32)9-21(15)36-22-10-20(33)18(27)8-16(22)24/h2-10,32H,1H3,(H,34,35)/b5-3-. The minimum atomic E-state index is -1.29. The fourth-order valence-corrected chi connectivity index (χ4v) is 3.77. The van der Waals surface area contributed by atoms with Crippen LogP contribution >= 0.6 is 0 Å². The number of benzene rings is 3. The van der Waals surface area contributed by atoms with Crippen LogP contribution < -0.4 is 5.43 Å². The van der Waals surface area contributed by atoms with Crippen LogP contribution in [0.1, 0.15) is 27.6 Å². The molecule has 9 nitrogen and oxygen atoms in total. The van der Waals surface area contributed by atoms with Crippen LogP contribution in [0.3, 0.4) is 0 Å². The molecule has 1 aromatic heterocycles. The van der Waals surface area contributed by atoms with Crippen molar-refractivity contribution in [1.29, 1.82) is 0 Å². The summed E-state index contributed by atoms with van der Waals surface area (Å²) in [5.41, 5.74) is -0.407. The number of aryl methyl sites for hydroxylation is 1. The number of hydrogen-bond donors (Lipinski definition) is 2. The number of carboxylic acid groups (broad SMARTS) is 1. The van der Waals surface area contributed by atoms with Crippen molar-refractivity contribution in [3.8, 4) is 28.2 Å². The highest BCUT2D eigenvalue weighted by molar-refractivity contribution is 6.08. The van der Waals surface area contributed by atoms with Gasteiger partial charge in [-0.3, -0.25) is 4.79 Å². The van der Waals surface area contributed by atoms with E-state index in [0.717, 1.165) is 24.3 Å². The van der Waals surface area contributed by atoms with Crippen LogP contribution in [0.25, 0.3) is 45.6 Å². The third-order valence-electron chi connectivity index (χ3n) is 5.40. The average molecular weight is 488 g/mol. The first-order valence-corrected chi connectivity index (χ1v) is 10.4. The average Bonchev–Trinajstić information content (AvgIpc) is 2.84. The zero-order valence-corrected chi connectivity index (χ0v) is 18.4. The van der Waals surface area contributed by atoms with Gasteiger partial charge in [-0.2, -0.15) is 0 Å². The van der Waals surface area contributed by atoms with E-state index in [1.165, 1.54) is 24.3 Å². The van der Waals surface area contributed by atoms with E-state index < -0.39 is 28.8 Å². The van der Waals surface area contributed by atoms with Crippen LogP contribution in [0.15, 0.2) is 51.7 Å². The highest BCUT2D eigenvalue weighted by Crippen LogP contribution is 2.43. The number of fused-ring (bicyclic) bond motifs is 2. The molecule has 0 amide bonds. The van der Waals surface area contributed by atoms with Crippen molar-refractivity contribution >= 4 is 29.1 Å². The van der Waals surface area contributed by atoms with E-state index in [4.69, 9.17) is 4.42 Å². The van der Waals surface area contributed by atoms with Crippen LogP contribution in [0.4, 0.5) is 8.78 Å². The van der Waals surface area contributed by atoms with Gasteiger partial charge >= 0.3 is 5.97 Å². The van der Waals surface area contributed by atoms with Crippen molar-refractivity contribution in [3.05, 3.63) is 87.1 Å². The number of aromatic carboxylic acids is 1. The quantitative estimate of drug-likeness (QED) is 0.354. The molecule has 0 bridgehead atoms. The van der Waals surface area contributed by atoms with E-state index in [1.807, 2.05) is 0 Å². The fourth-order valence-electron chi connectivity index (χ4n) is 3.77. The molecule has 2 aliphatic rings. The number of aromatic hydroxyl groups is 1. The molecule has 5 rings (SSSR count). The first kappa shape index (κ1) is 22.7. The summed E-state index contributed by atoms with van der Waals surface area (Å²) in [4.78, 5) is 24.1. The van der Waals surface area contributed by atoms with Crippen LogP contribution in [0.2, 0.25) is 0 Å². The molecule has 0 unspecified atom stereocenters. The number of hydrogen-bond acceptors (Lipinski definition) is 8. The Hall–Kier alpha value is -5.06. The summed E-state index contributed by atoms with van der Waals surface area (Å²) in [5, 5.41) is 35.2. The number of phenols is 1. The number of carbonyl (C=O) groups is 1. The van der Waals surface area contributed by atoms with Gasteiger partial charge in [0.1, 0.15) is 11.3 Å². The first-order valence-electron chi connectivity index (χ1n) is 10.4. The molecule has 3 aromatic rings. The maximum Gasteiger partial charge on any atom is 0.336 e. The molecule has 0 saturated carbocycles. The zero-order valence-electron chi connectivity index (χ0n) is 18.4. The van der Waals surface area contributed by atoms with Gasteiger partial charge in [-0.05, 0) is 48.4 Å². The van der Waals surface area contributed by atoms with Gasteiger partial charge in [0.15, 0.2) is 29.0 Å². The molecule has 0 atom stereocenters. The molecule has 2 aromatic carbocycles. The fraction of sp³-hybridized carbons (Fsp3) is 0.0400. The van der Waals surface area contributed by atoms with Gasteiger partial charge in [-0.1, -0.05) is 12.1 Å². The summed E-state index contributed by atoms with van der Waals surface area (Å²) < 4.78 is 34.4. The number of aromatic nitrogens is 4. The second kappa shape index (κ2) is 8.62. The lowest BCUT2D eigenvalue weighted by molar-refractivity contribution is 0.0697. The molecule has 0 spiro atoms. The summed E-state index contributed by atoms with van der Waals surface area (Å²) in [6.07, 6.45) is 3.10. The van der Waals surface area contributed by atoms with Gasteiger partial charge in [0, 0.05) is 28.6 Å². The molecule has 36 heavy (non-hydrogen) atoms. The molecule has 2 N–H and O–H groups in total. The lowest BCUT2D eigenvalue weighted by Crippen LogP contribution is -2.08. The van der Waals surface area contributed by atoms with E-state index in [2.05, 4.69) is 20.4 Å². The highest BCUT2D eigenvalue weighted by Gasteiger charge is 2.24. The van der Waals surface area contributed by atoms with Crippen LogP contribution in [-0.2, 0) is 0 Å².